The van der Waals surface area contributed by atoms with E-state index in [9.17, 15) is 14.7 Å². The van der Waals surface area contributed by atoms with Crippen LogP contribution in [-0.2, 0) is 15.3 Å². The van der Waals surface area contributed by atoms with E-state index in [1.54, 1.807) is 24.8 Å². The highest BCUT2D eigenvalue weighted by Crippen LogP contribution is 2.14. The molecule has 0 aliphatic heterocycles. The zero-order valence-electron chi connectivity index (χ0n) is 15.8. The fraction of sp³-hybridized carbons (Fsp3) is 0.500. The van der Waals surface area contributed by atoms with E-state index in [1.165, 1.54) is 5.56 Å². The first-order chi connectivity index (χ1) is 13.0. The number of rotatable bonds is 13. The number of allylic oxidation sites excluding steroid dienone is 1. The molecule has 0 radical (unpaired) electrons. The Hall–Kier alpha value is -1.83. The standard InChI is InChI=1S/C20H30N2O4S/c1-3-7-17(10-19(25)21-15(2)11-23)20(26)22-18(12-24)14-27-13-16-8-5-4-6-9-16/h3-6,8-9,15,17-18,23-24H,1,7,10-14H2,2H3,(H,21,25)(H,22,26). The minimum atomic E-state index is -0.554. The van der Waals surface area contributed by atoms with Gasteiger partial charge in [0.15, 0.2) is 0 Å². The summed E-state index contributed by atoms with van der Waals surface area (Å²) >= 11 is 1.63. The van der Waals surface area contributed by atoms with Gasteiger partial charge in [0, 0.05) is 24.0 Å². The van der Waals surface area contributed by atoms with Crippen LogP contribution >= 0.6 is 11.8 Å². The number of carbonyl (C=O) groups excluding carboxylic acids is 2. The summed E-state index contributed by atoms with van der Waals surface area (Å²) < 4.78 is 0. The maximum atomic E-state index is 12.5. The summed E-state index contributed by atoms with van der Waals surface area (Å²) in [7, 11) is 0. The number of hydrogen-bond acceptors (Lipinski definition) is 5. The monoisotopic (exact) mass is 394 g/mol. The Balaban J connectivity index is 2.50. The number of carbonyl (C=O) groups is 2. The number of nitrogens with one attached hydrogen (secondary N) is 2. The number of amides is 2. The molecule has 0 saturated carbocycles. The van der Waals surface area contributed by atoms with E-state index in [4.69, 9.17) is 5.11 Å². The normalized spacial score (nSPS) is 14.0. The predicted molar refractivity (Wildman–Crippen MR) is 109 cm³/mol. The Labute approximate surface area is 165 Å². The summed E-state index contributed by atoms with van der Waals surface area (Å²) in [5.74, 6) is 0.247. The molecule has 0 aromatic heterocycles. The smallest absolute Gasteiger partial charge is 0.224 e. The first-order valence-electron chi connectivity index (χ1n) is 9.04. The quantitative estimate of drug-likeness (QED) is 0.380. The van der Waals surface area contributed by atoms with Crippen molar-refractivity contribution in [2.24, 2.45) is 5.92 Å². The van der Waals surface area contributed by atoms with Gasteiger partial charge < -0.3 is 20.8 Å². The first-order valence-corrected chi connectivity index (χ1v) is 10.2. The Morgan fingerprint density at radius 1 is 1.19 bits per heavy atom. The molecule has 3 atom stereocenters. The van der Waals surface area contributed by atoms with Crippen molar-refractivity contribution in [2.75, 3.05) is 19.0 Å². The van der Waals surface area contributed by atoms with E-state index >= 15 is 0 Å². The molecule has 0 spiro atoms. The van der Waals surface area contributed by atoms with E-state index in [1.807, 2.05) is 30.3 Å². The molecule has 1 aromatic carbocycles. The molecule has 0 aliphatic rings. The van der Waals surface area contributed by atoms with Crippen LogP contribution in [0.4, 0.5) is 0 Å². The van der Waals surface area contributed by atoms with Gasteiger partial charge in [0.1, 0.15) is 0 Å². The van der Waals surface area contributed by atoms with Crippen LogP contribution in [0.2, 0.25) is 0 Å². The minimum Gasteiger partial charge on any atom is -0.394 e. The van der Waals surface area contributed by atoms with E-state index in [-0.39, 0.29) is 43.5 Å². The van der Waals surface area contributed by atoms with Crippen LogP contribution in [0.5, 0.6) is 0 Å². The summed E-state index contributed by atoms with van der Waals surface area (Å²) in [5.41, 5.74) is 1.18. The van der Waals surface area contributed by atoms with E-state index < -0.39 is 5.92 Å². The highest BCUT2D eigenvalue weighted by Gasteiger charge is 2.23. The zero-order chi connectivity index (χ0) is 20.1. The van der Waals surface area contributed by atoms with Crippen molar-refractivity contribution >= 4 is 23.6 Å². The third-order valence-corrected chi connectivity index (χ3v) is 5.11. The second-order valence-electron chi connectivity index (χ2n) is 6.47. The lowest BCUT2D eigenvalue weighted by Crippen LogP contribution is -2.44. The second-order valence-corrected chi connectivity index (χ2v) is 7.50. The molecule has 150 valence electrons. The SMILES string of the molecule is C=CCC(CC(=O)NC(C)CO)C(=O)NC(CO)CSCc1ccccc1. The van der Waals surface area contributed by atoms with Crippen LogP contribution in [0.1, 0.15) is 25.3 Å². The largest absolute Gasteiger partial charge is 0.394 e. The lowest BCUT2D eigenvalue weighted by atomic mass is 9.99. The van der Waals surface area contributed by atoms with Crippen LogP contribution < -0.4 is 10.6 Å². The maximum Gasteiger partial charge on any atom is 0.224 e. The van der Waals surface area contributed by atoms with Gasteiger partial charge in [0.2, 0.25) is 11.8 Å². The van der Waals surface area contributed by atoms with E-state index in [0.29, 0.717) is 12.2 Å². The molecule has 27 heavy (non-hydrogen) atoms. The van der Waals surface area contributed by atoms with Gasteiger partial charge in [-0.25, -0.2) is 0 Å². The lowest BCUT2D eigenvalue weighted by molar-refractivity contribution is -0.131. The predicted octanol–water partition coefficient (Wildman–Crippen LogP) is 1.48. The number of thioether (sulfide) groups is 1. The van der Waals surface area contributed by atoms with Gasteiger partial charge in [-0.15, -0.1) is 6.58 Å². The van der Waals surface area contributed by atoms with E-state index in [2.05, 4.69) is 17.2 Å². The maximum absolute atomic E-state index is 12.5. The molecule has 0 bridgehead atoms. The fourth-order valence-corrected chi connectivity index (χ4v) is 3.46. The number of benzene rings is 1. The number of aliphatic hydroxyl groups excluding tert-OH is 2. The van der Waals surface area contributed by atoms with Crippen molar-refractivity contribution in [1.29, 1.82) is 0 Å². The van der Waals surface area contributed by atoms with Crippen LogP contribution in [0, 0.1) is 5.92 Å². The summed E-state index contributed by atoms with van der Waals surface area (Å²) in [6.45, 7) is 5.01. The Morgan fingerprint density at radius 3 is 2.48 bits per heavy atom. The molecule has 4 N–H and O–H groups in total. The highest BCUT2D eigenvalue weighted by molar-refractivity contribution is 7.98. The van der Waals surface area contributed by atoms with E-state index in [0.717, 1.165) is 5.75 Å². The van der Waals surface area contributed by atoms with Crippen molar-refractivity contribution in [3.63, 3.8) is 0 Å². The molecule has 6 nitrogen and oxygen atoms in total. The molecule has 0 heterocycles. The van der Waals surface area contributed by atoms with Crippen molar-refractivity contribution in [1.82, 2.24) is 10.6 Å². The van der Waals surface area contributed by atoms with Gasteiger partial charge in [-0.05, 0) is 18.9 Å². The third kappa shape index (κ3) is 9.60. The van der Waals surface area contributed by atoms with Gasteiger partial charge >= 0.3 is 0 Å². The van der Waals surface area contributed by atoms with Crippen molar-refractivity contribution in [2.45, 2.75) is 37.6 Å². The summed E-state index contributed by atoms with van der Waals surface area (Å²) in [6, 6.07) is 9.25. The molecule has 1 rings (SSSR count). The van der Waals surface area contributed by atoms with Crippen molar-refractivity contribution in [3.05, 3.63) is 48.6 Å². The Morgan fingerprint density at radius 2 is 1.89 bits per heavy atom. The zero-order valence-corrected chi connectivity index (χ0v) is 16.6. The first kappa shape index (κ1) is 23.2. The van der Waals surface area contributed by atoms with Crippen LogP contribution in [-0.4, -0.2) is 53.1 Å². The summed E-state index contributed by atoms with van der Waals surface area (Å²) in [4.78, 5) is 24.5. The average Bonchev–Trinajstić information content (AvgIpc) is 2.67. The van der Waals surface area contributed by atoms with Gasteiger partial charge in [-0.2, -0.15) is 11.8 Å². The molecular weight excluding hydrogens is 364 g/mol. The Bertz CT molecular complexity index is 583. The van der Waals surface area contributed by atoms with Gasteiger partial charge in [0.05, 0.1) is 25.2 Å². The molecule has 0 aliphatic carbocycles. The molecule has 0 saturated heterocycles. The van der Waals surface area contributed by atoms with Gasteiger partial charge in [-0.1, -0.05) is 36.4 Å². The van der Waals surface area contributed by atoms with Crippen LogP contribution in [0.3, 0.4) is 0 Å². The van der Waals surface area contributed by atoms with Crippen LogP contribution in [0.15, 0.2) is 43.0 Å². The molecule has 2 amide bonds. The van der Waals surface area contributed by atoms with Crippen LogP contribution in [0.25, 0.3) is 0 Å². The van der Waals surface area contributed by atoms with Crippen molar-refractivity contribution in [3.8, 4) is 0 Å². The minimum absolute atomic E-state index is 0.0114. The molecule has 0 fully saturated rings. The van der Waals surface area contributed by atoms with Gasteiger partial charge in [-0.3, -0.25) is 9.59 Å². The average molecular weight is 395 g/mol. The van der Waals surface area contributed by atoms with Crippen molar-refractivity contribution < 1.29 is 19.8 Å². The second kappa shape index (κ2) is 13.4. The summed E-state index contributed by atoms with van der Waals surface area (Å²) in [5, 5.41) is 24.0. The van der Waals surface area contributed by atoms with Gasteiger partial charge in [0.25, 0.3) is 0 Å². The highest BCUT2D eigenvalue weighted by atomic mass is 32.2. The topological polar surface area (TPSA) is 98.7 Å². The fourth-order valence-electron chi connectivity index (χ4n) is 2.44. The number of hydrogen-bond donors (Lipinski definition) is 4. The number of aliphatic hydroxyl groups is 2. The third-order valence-electron chi connectivity index (χ3n) is 3.93. The lowest BCUT2D eigenvalue weighted by Gasteiger charge is -2.21. The molecular formula is C20H30N2O4S. The Kier molecular flexibility index (Phi) is 11.5. The molecule has 3 unspecified atom stereocenters. The molecule has 7 heteroatoms. The summed E-state index contributed by atoms with van der Waals surface area (Å²) in [6.07, 6.45) is 1.98. The molecule has 1 aromatic rings.